The van der Waals surface area contributed by atoms with E-state index < -0.39 is 0 Å². The molecule has 0 aliphatic carbocycles. The third-order valence-electron chi connectivity index (χ3n) is 3.58. The van der Waals surface area contributed by atoms with E-state index in [1.165, 1.54) is 10.2 Å². The summed E-state index contributed by atoms with van der Waals surface area (Å²) >= 11 is 0. The number of aromatic amines is 1. The van der Waals surface area contributed by atoms with E-state index in [2.05, 4.69) is 32.7 Å². The molecule has 1 aromatic carbocycles. The molecule has 0 saturated carbocycles. The number of H-pyrrole nitrogens is 1. The van der Waals surface area contributed by atoms with Crippen molar-refractivity contribution in [3.05, 3.63) is 53.0 Å². The SMILES string of the molecule is CCc1ccc(Nc2n[nH]nc2C(=O)n2nc(C)cc2C)cc1. The van der Waals surface area contributed by atoms with Crippen molar-refractivity contribution >= 4 is 17.4 Å². The molecule has 2 aromatic heterocycles. The van der Waals surface area contributed by atoms with Crippen LogP contribution in [0.5, 0.6) is 0 Å². The van der Waals surface area contributed by atoms with Crippen molar-refractivity contribution in [3.8, 4) is 0 Å². The van der Waals surface area contributed by atoms with Gasteiger partial charge in [0.25, 0.3) is 0 Å². The van der Waals surface area contributed by atoms with Crippen LogP contribution in [0.3, 0.4) is 0 Å². The standard InChI is InChI=1S/C16H18N6O/c1-4-12-5-7-13(8-6-12)17-15-14(18-21-19-15)16(23)22-11(3)9-10(2)20-22/h5-9H,4H2,1-3H3,(H2,17,18,19,21). The predicted octanol–water partition coefficient (Wildman–Crippen LogP) is 2.61. The summed E-state index contributed by atoms with van der Waals surface area (Å²) in [4.78, 5) is 12.6. The molecular formula is C16H18N6O. The van der Waals surface area contributed by atoms with Crippen LogP contribution in [0.2, 0.25) is 0 Å². The molecule has 0 unspecified atom stereocenters. The number of nitrogens with zero attached hydrogens (tertiary/aromatic N) is 4. The summed E-state index contributed by atoms with van der Waals surface area (Å²) in [6.07, 6.45) is 0.978. The van der Waals surface area contributed by atoms with Crippen LogP contribution in [0.1, 0.15) is 34.4 Å². The predicted molar refractivity (Wildman–Crippen MR) is 86.9 cm³/mol. The molecule has 3 aromatic rings. The zero-order valence-corrected chi connectivity index (χ0v) is 13.3. The van der Waals surface area contributed by atoms with Crippen molar-refractivity contribution in [1.82, 2.24) is 25.2 Å². The summed E-state index contributed by atoms with van der Waals surface area (Å²) in [5.41, 5.74) is 3.83. The van der Waals surface area contributed by atoms with Crippen LogP contribution in [-0.4, -0.2) is 31.1 Å². The average molecular weight is 310 g/mol. The number of nitrogens with one attached hydrogen (secondary N) is 2. The zero-order chi connectivity index (χ0) is 16.4. The largest absolute Gasteiger partial charge is 0.337 e. The van der Waals surface area contributed by atoms with Gasteiger partial charge in [-0.25, -0.2) is 0 Å². The molecule has 7 heteroatoms. The van der Waals surface area contributed by atoms with Gasteiger partial charge >= 0.3 is 5.91 Å². The van der Waals surface area contributed by atoms with E-state index >= 15 is 0 Å². The summed E-state index contributed by atoms with van der Waals surface area (Å²) in [7, 11) is 0. The smallest absolute Gasteiger partial charge is 0.302 e. The molecule has 0 radical (unpaired) electrons. The molecule has 0 aliphatic heterocycles. The second-order valence-corrected chi connectivity index (χ2v) is 5.34. The van der Waals surface area contributed by atoms with Crippen LogP contribution < -0.4 is 5.32 Å². The second kappa shape index (κ2) is 6.04. The maximum Gasteiger partial charge on any atom is 0.302 e. The molecule has 7 nitrogen and oxygen atoms in total. The number of hydrogen-bond donors (Lipinski definition) is 2. The number of aromatic nitrogens is 5. The fourth-order valence-corrected chi connectivity index (χ4v) is 2.36. The van der Waals surface area contributed by atoms with Gasteiger partial charge in [0.15, 0.2) is 11.5 Å². The highest BCUT2D eigenvalue weighted by Gasteiger charge is 2.20. The minimum absolute atomic E-state index is 0.204. The molecule has 0 fully saturated rings. The fourth-order valence-electron chi connectivity index (χ4n) is 2.36. The van der Waals surface area contributed by atoms with Crippen molar-refractivity contribution in [3.63, 3.8) is 0 Å². The summed E-state index contributed by atoms with van der Waals surface area (Å²) < 4.78 is 1.33. The minimum atomic E-state index is -0.322. The topological polar surface area (TPSA) is 88.5 Å². The lowest BCUT2D eigenvalue weighted by molar-refractivity contribution is 0.0938. The first-order valence-corrected chi connectivity index (χ1v) is 7.43. The lowest BCUT2D eigenvalue weighted by Crippen LogP contribution is -2.17. The molecule has 0 aliphatic rings. The number of rotatable bonds is 4. The van der Waals surface area contributed by atoms with E-state index in [-0.39, 0.29) is 11.6 Å². The van der Waals surface area contributed by atoms with Crippen molar-refractivity contribution < 1.29 is 4.79 Å². The first-order chi connectivity index (χ1) is 11.1. The number of aryl methyl sites for hydroxylation is 3. The molecule has 23 heavy (non-hydrogen) atoms. The molecule has 2 heterocycles. The van der Waals surface area contributed by atoms with Gasteiger partial charge in [0.1, 0.15) is 0 Å². The number of benzene rings is 1. The summed E-state index contributed by atoms with van der Waals surface area (Å²) in [5, 5.41) is 17.8. The Hall–Kier alpha value is -2.96. The Morgan fingerprint density at radius 1 is 1.22 bits per heavy atom. The van der Waals surface area contributed by atoms with E-state index in [0.717, 1.165) is 23.5 Å². The van der Waals surface area contributed by atoms with E-state index in [4.69, 9.17) is 0 Å². The Morgan fingerprint density at radius 2 is 1.96 bits per heavy atom. The monoisotopic (exact) mass is 310 g/mol. The minimum Gasteiger partial charge on any atom is -0.337 e. The molecule has 0 spiro atoms. The average Bonchev–Trinajstić information content (AvgIpc) is 3.13. The molecule has 2 N–H and O–H groups in total. The van der Waals surface area contributed by atoms with Crippen LogP contribution in [-0.2, 0) is 6.42 Å². The lowest BCUT2D eigenvalue weighted by Gasteiger charge is -2.06. The Balaban J connectivity index is 1.87. The number of carbonyl (C=O) groups excluding carboxylic acids is 1. The van der Waals surface area contributed by atoms with Crippen LogP contribution in [0.4, 0.5) is 11.5 Å². The Kier molecular flexibility index (Phi) is 3.92. The Labute approximate surface area is 133 Å². The normalized spacial score (nSPS) is 10.7. The maximum absolute atomic E-state index is 12.6. The van der Waals surface area contributed by atoms with Gasteiger partial charge in [0.2, 0.25) is 0 Å². The van der Waals surface area contributed by atoms with E-state index in [9.17, 15) is 4.79 Å². The number of hydrogen-bond acceptors (Lipinski definition) is 5. The van der Waals surface area contributed by atoms with Crippen molar-refractivity contribution in [2.24, 2.45) is 0 Å². The Bertz CT molecular complexity index is 831. The van der Waals surface area contributed by atoms with Crippen molar-refractivity contribution in [2.75, 3.05) is 5.32 Å². The third kappa shape index (κ3) is 2.98. The highest BCUT2D eigenvalue weighted by atomic mass is 16.2. The van der Waals surface area contributed by atoms with Crippen LogP contribution in [0.15, 0.2) is 30.3 Å². The van der Waals surface area contributed by atoms with Crippen molar-refractivity contribution in [1.29, 1.82) is 0 Å². The molecule has 3 rings (SSSR count). The quantitative estimate of drug-likeness (QED) is 0.773. The highest BCUT2D eigenvalue weighted by Crippen LogP contribution is 2.19. The molecule has 0 atom stereocenters. The molecule has 0 bridgehead atoms. The van der Waals surface area contributed by atoms with Gasteiger partial charge in [-0.2, -0.15) is 15.0 Å². The zero-order valence-electron chi connectivity index (χ0n) is 13.3. The first-order valence-electron chi connectivity index (χ1n) is 7.43. The van der Waals surface area contributed by atoms with Gasteiger partial charge in [0.05, 0.1) is 5.69 Å². The molecule has 118 valence electrons. The van der Waals surface area contributed by atoms with Gasteiger partial charge in [-0.3, -0.25) is 4.79 Å². The maximum atomic E-state index is 12.6. The number of carbonyl (C=O) groups is 1. The van der Waals surface area contributed by atoms with Gasteiger partial charge in [0, 0.05) is 11.4 Å². The first kappa shape index (κ1) is 15.0. The van der Waals surface area contributed by atoms with Crippen LogP contribution >= 0.6 is 0 Å². The Morgan fingerprint density at radius 3 is 2.57 bits per heavy atom. The van der Waals surface area contributed by atoms with Gasteiger partial charge in [-0.05, 0) is 44.0 Å². The molecular weight excluding hydrogens is 292 g/mol. The van der Waals surface area contributed by atoms with Crippen molar-refractivity contribution in [2.45, 2.75) is 27.2 Å². The highest BCUT2D eigenvalue weighted by molar-refractivity contribution is 5.98. The third-order valence-corrected chi connectivity index (χ3v) is 3.58. The summed E-state index contributed by atoms with van der Waals surface area (Å²) in [5.74, 6) is 0.0591. The summed E-state index contributed by atoms with van der Waals surface area (Å²) in [6.45, 7) is 5.77. The van der Waals surface area contributed by atoms with Crippen LogP contribution in [0, 0.1) is 13.8 Å². The van der Waals surface area contributed by atoms with Gasteiger partial charge in [-0.15, -0.1) is 10.2 Å². The molecule has 0 amide bonds. The summed E-state index contributed by atoms with van der Waals surface area (Å²) in [6, 6.07) is 9.81. The van der Waals surface area contributed by atoms with Crippen LogP contribution in [0.25, 0.3) is 0 Å². The lowest BCUT2D eigenvalue weighted by atomic mass is 10.1. The van der Waals surface area contributed by atoms with Gasteiger partial charge < -0.3 is 5.32 Å². The number of anilines is 2. The van der Waals surface area contributed by atoms with E-state index in [0.29, 0.717) is 5.82 Å². The second-order valence-electron chi connectivity index (χ2n) is 5.34. The van der Waals surface area contributed by atoms with E-state index in [1.807, 2.05) is 44.2 Å². The van der Waals surface area contributed by atoms with Gasteiger partial charge in [-0.1, -0.05) is 19.1 Å². The fraction of sp³-hybridized carbons (Fsp3) is 0.250. The molecule has 0 saturated heterocycles. The van der Waals surface area contributed by atoms with E-state index in [1.54, 1.807) is 0 Å².